The van der Waals surface area contributed by atoms with Crippen LogP contribution in [0.3, 0.4) is 0 Å². The zero-order valence-electron chi connectivity index (χ0n) is 20.3. The van der Waals surface area contributed by atoms with Crippen molar-refractivity contribution in [3.8, 4) is 0 Å². The number of rotatable bonds is 7. The summed E-state index contributed by atoms with van der Waals surface area (Å²) in [5, 5.41) is 0. The van der Waals surface area contributed by atoms with Crippen LogP contribution in [0.1, 0.15) is 119 Å². The molecule has 3 aliphatic rings. The molecule has 0 aromatic carbocycles. The number of hydrogen-bond acceptors (Lipinski definition) is 0. The molecule has 0 N–H and O–H groups in total. The second kappa shape index (κ2) is 8.85. The highest BCUT2D eigenvalue weighted by Crippen LogP contribution is 2.64. The van der Waals surface area contributed by atoms with Gasteiger partial charge in [-0.3, -0.25) is 0 Å². The largest absolute Gasteiger partial charge is 0.0845 e. The molecule has 0 radical (unpaired) electrons. The molecular formula is C28H50. The van der Waals surface area contributed by atoms with Crippen LogP contribution in [0.2, 0.25) is 0 Å². The Labute approximate surface area is 177 Å². The Morgan fingerprint density at radius 3 is 2.39 bits per heavy atom. The van der Waals surface area contributed by atoms with Gasteiger partial charge < -0.3 is 0 Å². The van der Waals surface area contributed by atoms with E-state index in [1.807, 2.05) is 0 Å². The average Bonchev–Trinajstić information content (AvgIpc) is 2.91. The van der Waals surface area contributed by atoms with Crippen LogP contribution in [0, 0.1) is 46.3 Å². The van der Waals surface area contributed by atoms with E-state index in [1.165, 1.54) is 70.6 Å². The predicted octanol–water partition coefficient (Wildman–Crippen LogP) is 9.05. The Morgan fingerprint density at radius 2 is 1.75 bits per heavy atom. The molecule has 7 unspecified atom stereocenters. The van der Waals surface area contributed by atoms with Crippen molar-refractivity contribution in [3.63, 3.8) is 0 Å². The second-order valence-electron chi connectivity index (χ2n) is 11.9. The predicted molar refractivity (Wildman–Crippen MR) is 124 cm³/mol. The molecule has 2 saturated carbocycles. The van der Waals surface area contributed by atoms with Gasteiger partial charge in [0.2, 0.25) is 0 Å². The summed E-state index contributed by atoms with van der Waals surface area (Å²) in [7, 11) is 0. The minimum atomic E-state index is 0.476. The van der Waals surface area contributed by atoms with Gasteiger partial charge in [-0.1, -0.05) is 85.8 Å². The fraction of sp³-hybridized carbons (Fsp3) is 0.929. The first-order chi connectivity index (χ1) is 13.3. The van der Waals surface area contributed by atoms with Crippen molar-refractivity contribution >= 4 is 0 Å². The van der Waals surface area contributed by atoms with E-state index in [2.05, 4.69) is 54.5 Å². The van der Waals surface area contributed by atoms with Crippen molar-refractivity contribution in [1.82, 2.24) is 0 Å². The van der Waals surface area contributed by atoms with Gasteiger partial charge in [-0.2, -0.15) is 0 Å². The monoisotopic (exact) mass is 386 g/mol. The molecule has 0 spiro atoms. The lowest BCUT2D eigenvalue weighted by Crippen LogP contribution is -2.42. The molecule has 0 aliphatic heterocycles. The molecule has 7 atom stereocenters. The van der Waals surface area contributed by atoms with E-state index >= 15 is 0 Å². The first-order valence-corrected chi connectivity index (χ1v) is 13.0. The molecule has 0 bridgehead atoms. The first-order valence-electron chi connectivity index (χ1n) is 13.0. The summed E-state index contributed by atoms with van der Waals surface area (Å²) in [5.74, 6) is 5.66. The minimum absolute atomic E-state index is 0.476. The number of hydrogen-bond donors (Lipinski definition) is 0. The summed E-state index contributed by atoms with van der Waals surface area (Å²) in [6, 6.07) is 0. The van der Waals surface area contributed by atoms with Crippen molar-refractivity contribution in [1.29, 1.82) is 0 Å². The van der Waals surface area contributed by atoms with Crippen LogP contribution in [0.5, 0.6) is 0 Å². The molecule has 0 nitrogen and oxygen atoms in total. The van der Waals surface area contributed by atoms with E-state index in [0.29, 0.717) is 10.8 Å². The lowest BCUT2D eigenvalue weighted by atomic mass is 9.54. The van der Waals surface area contributed by atoms with Crippen LogP contribution >= 0.6 is 0 Å². The minimum Gasteiger partial charge on any atom is -0.0845 e. The van der Waals surface area contributed by atoms with Crippen molar-refractivity contribution < 1.29 is 0 Å². The quantitative estimate of drug-likeness (QED) is 0.383. The highest BCUT2D eigenvalue weighted by Gasteiger charge is 2.56. The summed E-state index contributed by atoms with van der Waals surface area (Å²) < 4.78 is 0. The molecule has 0 heterocycles. The molecule has 28 heavy (non-hydrogen) atoms. The molecule has 0 aromatic heterocycles. The Hall–Kier alpha value is -0.260. The van der Waals surface area contributed by atoms with Gasteiger partial charge in [0.25, 0.3) is 0 Å². The van der Waals surface area contributed by atoms with E-state index in [4.69, 9.17) is 0 Å². The molecular weight excluding hydrogens is 336 g/mol. The molecule has 2 fully saturated rings. The maximum Gasteiger partial charge on any atom is -0.00880 e. The van der Waals surface area contributed by atoms with Gasteiger partial charge >= 0.3 is 0 Å². The van der Waals surface area contributed by atoms with E-state index in [-0.39, 0.29) is 0 Å². The summed E-state index contributed by atoms with van der Waals surface area (Å²) >= 11 is 0. The van der Waals surface area contributed by atoms with Crippen molar-refractivity contribution in [2.24, 2.45) is 46.3 Å². The van der Waals surface area contributed by atoms with Crippen LogP contribution in [0.15, 0.2) is 11.6 Å². The fourth-order valence-electron chi connectivity index (χ4n) is 8.46. The van der Waals surface area contributed by atoms with E-state index in [1.54, 1.807) is 5.57 Å². The van der Waals surface area contributed by atoms with Crippen LogP contribution < -0.4 is 0 Å². The molecule has 0 aromatic rings. The maximum atomic E-state index is 2.74. The van der Waals surface area contributed by atoms with Gasteiger partial charge in [-0.15, -0.1) is 0 Å². The number of allylic oxidation sites excluding steroid dienone is 2. The average molecular weight is 387 g/mol. The van der Waals surface area contributed by atoms with E-state index in [0.717, 1.165) is 35.5 Å². The van der Waals surface area contributed by atoms with Gasteiger partial charge in [0.05, 0.1) is 0 Å². The van der Waals surface area contributed by atoms with E-state index < -0.39 is 0 Å². The van der Waals surface area contributed by atoms with Crippen molar-refractivity contribution in [3.05, 3.63) is 11.6 Å². The summed E-state index contributed by atoms with van der Waals surface area (Å²) in [5.41, 5.74) is 2.88. The van der Waals surface area contributed by atoms with Crippen LogP contribution in [0.25, 0.3) is 0 Å². The summed E-state index contributed by atoms with van der Waals surface area (Å²) in [6.07, 6.45) is 18.5. The molecule has 162 valence electrons. The lowest BCUT2D eigenvalue weighted by molar-refractivity contribution is 0.0316. The summed E-state index contributed by atoms with van der Waals surface area (Å²) in [4.78, 5) is 0. The molecule has 3 rings (SSSR count). The van der Waals surface area contributed by atoms with Gasteiger partial charge in [-0.25, -0.2) is 0 Å². The zero-order chi connectivity index (χ0) is 20.5. The molecule has 0 heteroatoms. The van der Waals surface area contributed by atoms with Gasteiger partial charge in [0, 0.05) is 0 Å². The topological polar surface area (TPSA) is 0 Å². The van der Waals surface area contributed by atoms with Crippen LogP contribution in [-0.2, 0) is 0 Å². The van der Waals surface area contributed by atoms with Crippen molar-refractivity contribution in [2.75, 3.05) is 0 Å². The smallest absolute Gasteiger partial charge is 0.00880 e. The standard InChI is InChI=1S/C28H50/c1-8-22-15-16-23-25(27(22,6)9-2)14-11-19-28(7)24(17-18-26(23)28)21(5)13-10-12-20(3)4/h15,20-21,23-26H,8-14,16-19H2,1-7H3. The Bertz CT molecular complexity index is 542. The Kier molecular flexibility index (Phi) is 7.09. The maximum absolute atomic E-state index is 2.74. The van der Waals surface area contributed by atoms with E-state index in [9.17, 15) is 0 Å². The molecule has 3 aliphatic carbocycles. The lowest BCUT2D eigenvalue weighted by Gasteiger charge is -2.50. The van der Waals surface area contributed by atoms with Gasteiger partial charge in [0.1, 0.15) is 0 Å². The van der Waals surface area contributed by atoms with Crippen LogP contribution in [-0.4, -0.2) is 0 Å². The summed E-state index contributed by atoms with van der Waals surface area (Å²) in [6.45, 7) is 17.6. The zero-order valence-corrected chi connectivity index (χ0v) is 20.3. The third kappa shape index (κ3) is 3.88. The number of fused-ring (bicyclic) bond motifs is 3. The Balaban J connectivity index is 1.80. The Morgan fingerprint density at radius 1 is 1.00 bits per heavy atom. The highest BCUT2D eigenvalue weighted by molar-refractivity contribution is 5.21. The third-order valence-electron chi connectivity index (χ3n) is 10.2. The second-order valence-corrected chi connectivity index (χ2v) is 11.9. The highest BCUT2D eigenvalue weighted by atomic mass is 14.6. The normalized spacial score (nSPS) is 41.9. The fourth-order valence-corrected chi connectivity index (χ4v) is 8.46. The van der Waals surface area contributed by atoms with Crippen molar-refractivity contribution in [2.45, 2.75) is 119 Å². The molecule has 0 amide bonds. The van der Waals surface area contributed by atoms with Crippen LogP contribution in [0.4, 0.5) is 0 Å². The third-order valence-corrected chi connectivity index (χ3v) is 10.2. The van der Waals surface area contributed by atoms with Gasteiger partial charge in [0.15, 0.2) is 0 Å². The molecule has 0 saturated heterocycles. The SMILES string of the molecule is CCC1=CCC2C(CCCC3(C)C(C(C)CCCC(C)C)CCC23)C1(C)CC. The van der Waals surface area contributed by atoms with Gasteiger partial charge in [-0.05, 0) is 91.3 Å². The first kappa shape index (κ1) is 22.4.